The summed E-state index contributed by atoms with van der Waals surface area (Å²) in [7, 11) is 0. The standard InChI is InChI=1S/C25H39NO/c1-3-4-5-6-7-8-9-10-11-12-13-14-15-16-22-20-25(27)26-24-18-17-21(2)19-23(22)24/h17-20H,3-16H2,1-2H3,(H,26,27). The lowest BCUT2D eigenvalue weighted by Crippen LogP contribution is -2.06. The molecule has 2 aromatic rings. The Hall–Kier alpha value is -1.57. The maximum atomic E-state index is 11.9. The van der Waals surface area contributed by atoms with Gasteiger partial charge in [0.1, 0.15) is 0 Å². The molecular formula is C25H39NO. The summed E-state index contributed by atoms with van der Waals surface area (Å²) in [6.45, 7) is 4.39. The summed E-state index contributed by atoms with van der Waals surface area (Å²) in [4.78, 5) is 14.8. The molecule has 0 aliphatic heterocycles. The van der Waals surface area contributed by atoms with Crippen molar-refractivity contribution in [3.05, 3.63) is 45.7 Å². The van der Waals surface area contributed by atoms with Gasteiger partial charge in [0.15, 0.2) is 0 Å². The van der Waals surface area contributed by atoms with E-state index in [4.69, 9.17) is 0 Å². The number of benzene rings is 1. The third kappa shape index (κ3) is 8.32. The fourth-order valence-electron chi connectivity index (χ4n) is 3.98. The van der Waals surface area contributed by atoms with E-state index in [1.165, 1.54) is 100.0 Å². The van der Waals surface area contributed by atoms with Gasteiger partial charge in [0.05, 0.1) is 0 Å². The van der Waals surface area contributed by atoms with Crippen LogP contribution in [0.25, 0.3) is 10.9 Å². The molecule has 0 atom stereocenters. The molecule has 0 saturated heterocycles. The highest BCUT2D eigenvalue weighted by Gasteiger charge is 2.04. The maximum Gasteiger partial charge on any atom is 0.248 e. The van der Waals surface area contributed by atoms with Gasteiger partial charge in [-0.2, -0.15) is 0 Å². The molecule has 1 aromatic carbocycles. The van der Waals surface area contributed by atoms with Gasteiger partial charge in [-0.25, -0.2) is 0 Å². The predicted octanol–water partition coefficient (Wildman–Crippen LogP) is 7.47. The molecule has 1 heterocycles. The molecule has 0 aliphatic carbocycles. The van der Waals surface area contributed by atoms with E-state index in [1.54, 1.807) is 6.07 Å². The Morgan fingerprint density at radius 1 is 0.741 bits per heavy atom. The number of aromatic nitrogens is 1. The average Bonchev–Trinajstić information content (AvgIpc) is 2.65. The molecule has 2 nitrogen and oxygen atoms in total. The summed E-state index contributed by atoms with van der Waals surface area (Å²) in [6, 6.07) is 8.08. The molecule has 2 rings (SSSR count). The minimum Gasteiger partial charge on any atom is -0.322 e. The Kier molecular flexibility index (Phi) is 10.3. The highest BCUT2D eigenvalue weighted by molar-refractivity contribution is 5.82. The quantitative estimate of drug-likeness (QED) is 0.344. The molecule has 1 aromatic heterocycles. The number of hydrogen-bond donors (Lipinski definition) is 1. The topological polar surface area (TPSA) is 32.9 Å². The van der Waals surface area contributed by atoms with Crippen molar-refractivity contribution in [2.24, 2.45) is 0 Å². The van der Waals surface area contributed by atoms with Crippen LogP contribution in [0.2, 0.25) is 0 Å². The molecule has 0 aliphatic rings. The van der Waals surface area contributed by atoms with Crippen molar-refractivity contribution in [2.45, 2.75) is 104 Å². The van der Waals surface area contributed by atoms with Crippen molar-refractivity contribution in [1.82, 2.24) is 4.98 Å². The largest absolute Gasteiger partial charge is 0.322 e. The number of hydrogen-bond acceptors (Lipinski definition) is 1. The zero-order valence-electron chi connectivity index (χ0n) is 17.6. The normalized spacial score (nSPS) is 11.3. The highest BCUT2D eigenvalue weighted by Crippen LogP contribution is 2.19. The van der Waals surface area contributed by atoms with Crippen LogP contribution in [0, 0.1) is 6.92 Å². The monoisotopic (exact) mass is 369 g/mol. The van der Waals surface area contributed by atoms with Gasteiger partial charge < -0.3 is 4.98 Å². The second-order valence-corrected chi connectivity index (χ2v) is 8.20. The Labute approximate surface area is 165 Å². The summed E-state index contributed by atoms with van der Waals surface area (Å²) < 4.78 is 0. The lowest BCUT2D eigenvalue weighted by Gasteiger charge is -2.07. The number of aromatic amines is 1. The lowest BCUT2D eigenvalue weighted by molar-refractivity contribution is 0.539. The summed E-state index contributed by atoms with van der Waals surface area (Å²) in [6.07, 6.45) is 18.9. The van der Waals surface area contributed by atoms with Gasteiger partial charge in [0, 0.05) is 17.0 Å². The van der Waals surface area contributed by atoms with Crippen molar-refractivity contribution >= 4 is 10.9 Å². The van der Waals surface area contributed by atoms with Gasteiger partial charge >= 0.3 is 0 Å². The van der Waals surface area contributed by atoms with Gasteiger partial charge in [-0.3, -0.25) is 4.79 Å². The van der Waals surface area contributed by atoms with Crippen molar-refractivity contribution in [2.75, 3.05) is 0 Å². The van der Waals surface area contributed by atoms with E-state index in [0.29, 0.717) is 0 Å². The molecule has 0 spiro atoms. The molecule has 0 unspecified atom stereocenters. The average molecular weight is 370 g/mol. The van der Waals surface area contributed by atoms with Crippen LogP contribution in [0.4, 0.5) is 0 Å². The van der Waals surface area contributed by atoms with Crippen LogP contribution >= 0.6 is 0 Å². The van der Waals surface area contributed by atoms with Crippen molar-refractivity contribution < 1.29 is 0 Å². The van der Waals surface area contributed by atoms with E-state index >= 15 is 0 Å². The van der Waals surface area contributed by atoms with E-state index in [1.807, 2.05) is 6.07 Å². The fourth-order valence-corrected chi connectivity index (χ4v) is 3.98. The van der Waals surface area contributed by atoms with Crippen LogP contribution in [0.5, 0.6) is 0 Å². The first-order chi connectivity index (χ1) is 13.2. The van der Waals surface area contributed by atoms with Gasteiger partial charge in [0.25, 0.3) is 0 Å². The van der Waals surface area contributed by atoms with Crippen LogP contribution in [-0.2, 0) is 6.42 Å². The minimum absolute atomic E-state index is 0.0241. The van der Waals surface area contributed by atoms with Crippen molar-refractivity contribution in [1.29, 1.82) is 0 Å². The molecule has 1 N–H and O–H groups in total. The lowest BCUT2D eigenvalue weighted by atomic mass is 10.00. The first kappa shape index (κ1) is 21.7. The molecule has 0 radical (unpaired) electrons. The Bertz CT molecular complexity index is 716. The fraction of sp³-hybridized carbons (Fsp3) is 0.640. The van der Waals surface area contributed by atoms with Gasteiger partial charge in [-0.05, 0) is 37.5 Å². The van der Waals surface area contributed by atoms with E-state index in [0.717, 1.165) is 11.9 Å². The van der Waals surface area contributed by atoms with E-state index < -0.39 is 0 Å². The van der Waals surface area contributed by atoms with Crippen molar-refractivity contribution in [3.8, 4) is 0 Å². The predicted molar refractivity (Wildman–Crippen MR) is 119 cm³/mol. The molecule has 0 amide bonds. The first-order valence-corrected chi connectivity index (χ1v) is 11.3. The smallest absolute Gasteiger partial charge is 0.248 e. The van der Waals surface area contributed by atoms with Crippen molar-refractivity contribution in [3.63, 3.8) is 0 Å². The number of H-pyrrole nitrogens is 1. The number of unbranched alkanes of at least 4 members (excludes halogenated alkanes) is 12. The molecule has 150 valence electrons. The molecule has 0 fully saturated rings. The summed E-state index contributed by atoms with van der Waals surface area (Å²) >= 11 is 0. The molecule has 0 saturated carbocycles. The number of aryl methyl sites for hydroxylation is 2. The SMILES string of the molecule is CCCCCCCCCCCCCCCc1cc(=O)[nH]c2ccc(C)cc12. The summed E-state index contributed by atoms with van der Waals surface area (Å²) in [5, 5.41) is 1.22. The molecule has 2 heteroatoms. The Morgan fingerprint density at radius 2 is 1.30 bits per heavy atom. The van der Waals surface area contributed by atoms with Crippen LogP contribution in [-0.4, -0.2) is 4.98 Å². The molecular weight excluding hydrogens is 330 g/mol. The number of nitrogens with one attached hydrogen (secondary N) is 1. The second kappa shape index (κ2) is 12.8. The summed E-state index contributed by atoms with van der Waals surface area (Å²) in [5.41, 5.74) is 3.45. The number of pyridine rings is 1. The van der Waals surface area contributed by atoms with Gasteiger partial charge in [0.2, 0.25) is 5.56 Å². The third-order valence-corrected chi connectivity index (χ3v) is 5.63. The zero-order chi connectivity index (χ0) is 19.3. The van der Waals surface area contributed by atoms with Gasteiger partial charge in [-0.15, -0.1) is 0 Å². The zero-order valence-corrected chi connectivity index (χ0v) is 17.6. The minimum atomic E-state index is 0.0241. The molecule has 0 bridgehead atoms. The number of fused-ring (bicyclic) bond motifs is 1. The third-order valence-electron chi connectivity index (χ3n) is 5.63. The Morgan fingerprint density at radius 3 is 1.89 bits per heavy atom. The number of rotatable bonds is 14. The Balaban J connectivity index is 1.57. The summed E-state index contributed by atoms with van der Waals surface area (Å²) in [5.74, 6) is 0. The van der Waals surface area contributed by atoms with E-state index in [2.05, 4.69) is 31.0 Å². The van der Waals surface area contributed by atoms with E-state index in [-0.39, 0.29) is 5.56 Å². The first-order valence-electron chi connectivity index (χ1n) is 11.3. The van der Waals surface area contributed by atoms with Crippen LogP contribution in [0.3, 0.4) is 0 Å². The van der Waals surface area contributed by atoms with Crippen LogP contribution in [0.1, 0.15) is 102 Å². The van der Waals surface area contributed by atoms with Crippen LogP contribution in [0.15, 0.2) is 29.1 Å². The van der Waals surface area contributed by atoms with E-state index in [9.17, 15) is 4.79 Å². The van der Waals surface area contributed by atoms with Gasteiger partial charge in [-0.1, -0.05) is 95.6 Å². The molecule has 27 heavy (non-hydrogen) atoms. The highest BCUT2D eigenvalue weighted by atomic mass is 16.1. The second-order valence-electron chi connectivity index (χ2n) is 8.20. The van der Waals surface area contributed by atoms with Crippen LogP contribution < -0.4 is 5.56 Å². The maximum absolute atomic E-state index is 11.9.